The van der Waals surface area contributed by atoms with E-state index in [-0.39, 0.29) is 24.5 Å². The predicted octanol–water partition coefficient (Wildman–Crippen LogP) is 1.66. The fourth-order valence-electron chi connectivity index (χ4n) is 2.74. The Balaban J connectivity index is 2.17. The zero-order chi connectivity index (χ0) is 16.1. The largest absolute Gasteiger partial charge is 0.497 e. The van der Waals surface area contributed by atoms with Gasteiger partial charge in [0.05, 0.1) is 13.2 Å². The molecule has 0 radical (unpaired) electrons. The molecule has 0 aromatic heterocycles. The predicted molar refractivity (Wildman–Crippen MR) is 80.9 cm³/mol. The Labute approximate surface area is 129 Å². The second-order valence-corrected chi connectivity index (χ2v) is 5.52. The van der Waals surface area contributed by atoms with Crippen LogP contribution in [0.3, 0.4) is 0 Å². The summed E-state index contributed by atoms with van der Waals surface area (Å²) < 4.78 is 5.07. The molecule has 22 heavy (non-hydrogen) atoms. The molecule has 0 aliphatic heterocycles. The first kappa shape index (κ1) is 16.3. The fourth-order valence-corrected chi connectivity index (χ4v) is 2.74. The van der Waals surface area contributed by atoms with Crippen LogP contribution in [0.15, 0.2) is 24.3 Å². The van der Waals surface area contributed by atoms with Crippen molar-refractivity contribution in [1.29, 1.82) is 0 Å². The summed E-state index contributed by atoms with van der Waals surface area (Å²) >= 11 is 0. The van der Waals surface area contributed by atoms with Gasteiger partial charge < -0.3 is 19.8 Å². The average Bonchev–Trinajstić information content (AvgIpc) is 2.53. The first-order valence-corrected chi connectivity index (χ1v) is 7.36. The lowest BCUT2D eigenvalue weighted by Crippen LogP contribution is -2.41. The number of carboxylic acids is 1. The molecule has 1 aliphatic carbocycles. The molecule has 0 unspecified atom stereocenters. The normalized spacial score (nSPS) is 21.2. The van der Waals surface area contributed by atoms with Crippen molar-refractivity contribution in [2.45, 2.75) is 31.8 Å². The van der Waals surface area contributed by atoms with E-state index in [0.29, 0.717) is 37.1 Å². The quantitative estimate of drug-likeness (QED) is 0.864. The van der Waals surface area contributed by atoms with Gasteiger partial charge in [0.25, 0.3) is 0 Å². The molecule has 0 saturated heterocycles. The number of ether oxygens (including phenoxy) is 1. The third kappa shape index (κ3) is 3.98. The van der Waals surface area contributed by atoms with Crippen molar-refractivity contribution in [2.75, 3.05) is 18.6 Å². The van der Waals surface area contributed by atoms with E-state index in [1.54, 1.807) is 31.4 Å². The van der Waals surface area contributed by atoms with E-state index >= 15 is 0 Å². The fraction of sp³-hybridized carbons (Fsp3) is 0.500. The van der Waals surface area contributed by atoms with E-state index in [2.05, 4.69) is 0 Å². The van der Waals surface area contributed by atoms with Crippen LogP contribution in [0.1, 0.15) is 25.7 Å². The molecule has 0 bridgehead atoms. The lowest BCUT2D eigenvalue weighted by molar-refractivity contribution is -0.137. The van der Waals surface area contributed by atoms with E-state index in [0.717, 1.165) is 0 Å². The molecular formula is C16H21NO5. The number of anilines is 1. The molecule has 1 saturated carbocycles. The second-order valence-electron chi connectivity index (χ2n) is 5.52. The van der Waals surface area contributed by atoms with Crippen LogP contribution < -0.4 is 9.64 Å². The molecule has 0 spiro atoms. The van der Waals surface area contributed by atoms with Crippen LogP contribution in [0.2, 0.25) is 0 Å². The third-order valence-corrected chi connectivity index (χ3v) is 3.99. The van der Waals surface area contributed by atoms with Gasteiger partial charge in [0, 0.05) is 11.6 Å². The minimum absolute atomic E-state index is 0.195. The van der Waals surface area contributed by atoms with Crippen molar-refractivity contribution in [1.82, 2.24) is 0 Å². The Hall–Kier alpha value is -2.08. The van der Waals surface area contributed by atoms with Crippen LogP contribution in [-0.2, 0) is 9.59 Å². The maximum absolute atomic E-state index is 12.6. The van der Waals surface area contributed by atoms with Crippen molar-refractivity contribution in [3.63, 3.8) is 0 Å². The number of hydrogen-bond donors (Lipinski definition) is 2. The lowest BCUT2D eigenvalue weighted by atomic mass is 9.86. The molecule has 1 fully saturated rings. The second kappa shape index (κ2) is 7.26. The highest BCUT2D eigenvalue weighted by Crippen LogP contribution is 2.28. The molecule has 120 valence electrons. The number of methoxy groups -OCH3 is 1. The molecule has 2 rings (SSSR count). The van der Waals surface area contributed by atoms with Crippen LogP contribution in [-0.4, -0.2) is 41.8 Å². The molecule has 1 aromatic carbocycles. The number of benzene rings is 1. The lowest BCUT2D eigenvalue weighted by Gasteiger charge is -2.30. The molecule has 0 atom stereocenters. The summed E-state index contributed by atoms with van der Waals surface area (Å²) in [7, 11) is 1.54. The van der Waals surface area contributed by atoms with Gasteiger partial charge in [-0.3, -0.25) is 9.59 Å². The third-order valence-electron chi connectivity index (χ3n) is 3.99. The van der Waals surface area contributed by atoms with Crippen LogP contribution in [0.4, 0.5) is 5.69 Å². The molecule has 1 amide bonds. The van der Waals surface area contributed by atoms with Crippen molar-refractivity contribution >= 4 is 17.6 Å². The maximum atomic E-state index is 12.6. The first-order valence-electron chi connectivity index (χ1n) is 7.36. The zero-order valence-electron chi connectivity index (χ0n) is 12.6. The van der Waals surface area contributed by atoms with E-state index in [9.17, 15) is 14.7 Å². The summed E-state index contributed by atoms with van der Waals surface area (Å²) in [5, 5.41) is 18.6. The van der Waals surface area contributed by atoms with Gasteiger partial charge in [-0.2, -0.15) is 0 Å². The van der Waals surface area contributed by atoms with Crippen LogP contribution in [0.5, 0.6) is 5.75 Å². The number of hydrogen-bond acceptors (Lipinski definition) is 4. The minimum Gasteiger partial charge on any atom is -0.497 e. The Bertz CT molecular complexity index is 520. The molecule has 0 heterocycles. The topological polar surface area (TPSA) is 87.1 Å². The van der Waals surface area contributed by atoms with Crippen molar-refractivity contribution < 1.29 is 24.5 Å². The van der Waals surface area contributed by atoms with Gasteiger partial charge in [-0.1, -0.05) is 0 Å². The number of carbonyl (C=O) groups excluding carboxylic acids is 1. The molecular weight excluding hydrogens is 286 g/mol. The Kier molecular flexibility index (Phi) is 5.38. The monoisotopic (exact) mass is 307 g/mol. The highest BCUT2D eigenvalue weighted by atomic mass is 16.5. The molecule has 6 heteroatoms. The molecule has 6 nitrogen and oxygen atoms in total. The smallest absolute Gasteiger partial charge is 0.323 e. The number of rotatable bonds is 5. The van der Waals surface area contributed by atoms with Gasteiger partial charge in [0.1, 0.15) is 12.3 Å². The standard InChI is InChI=1S/C16H21NO5/c1-22-14-8-4-12(5-9-14)17(10-15(19)20)16(21)11-2-6-13(18)7-3-11/h4-5,8-9,11,13,18H,2-3,6-7,10H2,1H3,(H,19,20)/t11-,13-. The van der Waals surface area contributed by atoms with Gasteiger partial charge in [-0.25, -0.2) is 0 Å². The van der Waals surface area contributed by atoms with Crippen LogP contribution in [0, 0.1) is 5.92 Å². The molecule has 2 N–H and O–H groups in total. The number of carbonyl (C=O) groups is 2. The van der Waals surface area contributed by atoms with Gasteiger partial charge in [0.15, 0.2) is 0 Å². The number of aliphatic hydroxyl groups is 1. The summed E-state index contributed by atoms with van der Waals surface area (Å²) in [6.45, 7) is -0.371. The van der Waals surface area contributed by atoms with Gasteiger partial charge in [-0.05, 0) is 49.9 Å². The summed E-state index contributed by atoms with van der Waals surface area (Å²) in [5.41, 5.74) is 0.541. The van der Waals surface area contributed by atoms with Gasteiger partial charge >= 0.3 is 5.97 Å². The van der Waals surface area contributed by atoms with Crippen molar-refractivity contribution in [2.24, 2.45) is 5.92 Å². The number of aliphatic carboxylic acids is 1. The number of aliphatic hydroxyl groups excluding tert-OH is 1. The highest BCUT2D eigenvalue weighted by molar-refractivity contribution is 5.98. The van der Waals surface area contributed by atoms with E-state index in [4.69, 9.17) is 9.84 Å². The summed E-state index contributed by atoms with van der Waals surface area (Å²) in [5.74, 6) is -0.836. The highest BCUT2D eigenvalue weighted by Gasteiger charge is 2.30. The molecule has 1 aliphatic rings. The SMILES string of the molecule is COc1ccc(N(CC(=O)O)C(=O)[C@H]2CC[C@H](O)CC2)cc1. The van der Waals surface area contributed by atoms with Gasteiger partial charge in [0.2, 0.25) is 5.91 Å². The van der Waals surface area contributed by atoms with Crippen molar-refractivity contribution in [3.05, 3.63) is 24.3 Å². The van der Waals surface area contributed by atoms with Gasteiger partial charge in [-0.15, -0.1) is 0 Å². The summed E-state index contributed by atoms with van der Waals surface area (Å²) in [4.78, 5) is 25.0. The van der Waals surface area contributed by atoms with E-state index in [1.807, 2.05) is 0 Å². The number of amides is 1. The number of nitrogens with zero attached hydrogens (tertiary/aromatic N) is 1. The summed E-state index contributed by atoms with van der Waals surface area (Å²) in [6, 6.07) is 6.75. The first-order chi connectivity index (χ1) is 10.5. The number of carboxylic acid groups (broad SMARTS) is 1. The maximum Gasteiger partial charge on any atom is 0.323 e. The van der Waals surface area contributed by atoms with E-state index in [1.165, 1.54) is 4.90 Å². The van der Waals surface area contributed by atoms with Crippen molar-refractivity contribution in [3.8, 4) is 5.75 Å². The average molecular weight is 307 g/mol. The van der Waals surface area contributed by atoms with Crippen LogP contribution >= 0.6 is 0 Å². The Morgan fingerprint density at radius 2 is 1.77 bits per heavy atom. The van der Waals surface area contributed by atoms with Crippen LogP contribution in [0.25, 0.3) is 0 Å². The minimum atomic E-state index is -1.06. The Morgan fingerprint density at radius 1 is 1.18 bits per heavy atom. The Morgan fingerprint density at radius 3 is 2.27 bits per heavy atom. The summed E-state index contributed by atoms with van der Waals surface area (Å²) in [6.07, 6.45) is 2.00. The van der Waals surface area contributed by atoms with E-state index < -0.39 is 5.97 Å². The zero-order valence-corrected chi connectivity index (χ0v) is 12.6. The molecule has 1 aromatic rings.